The number of halogens is 3. The molecule has 0 unspecified atom stereocenters. The summed E-state index contributed by atoms with van der Waals surface area (Å²) in [6, 6.07) is 8.38. The zero-order valence-electron chi connectivity index (χ0n) is 13.7. The van der Waals surface area contributed by atoms with Crippen molar-refractivity contribution < 1.29 is 22.7 Å². The fourth-order valence-electron chi connectivity index (χ4n) is 3.54. The summed E-state index contributed by atoms with van der Waals surface area (Å²) in [4.78, 5) is 12.4. The Kier molecular flexibility index (Phi) is 4.40. The molecule has 2 aliphatic rings. The maximum absolute atomic E-state index is 12.6. The van der Waals surface area contributed by atoms with Crippen LogP contribution in [0, 0.1) is 0 Å². The van der Waals surface area contributed by atoms with Crippen LogP contribution in [0.5, 0.6) is 10.8 Å². The van der Waals surface area contributed by atoms with Crippen molar-refractivity contribution in [2.24, 2.45) is 0 Å². The Hall–Kier alpha value is -2.06. The van der Waals surface area contributed by atoms with Gasteiger partial charge < -0.3 is 15.4 Å². The molecule has 4 rings (SSSR count). The third kappa shape index (κ3) is 3.57. The minimum atomic E-state index is -4.38. The van der Waals surface area contributed by atoms with Crippen LogP contribution in [0.4, 0.5) is 13.2 Å². The van der Waals surface area contributed by atoms with E-state index in [2.05, 4.69) is 10.6 Å². The van der Waals surface area contributed by atoms with E-state index in [1.807, 2.05) is 0 Å². The molecule has 0 saturated carbocycles. The molecule has 2 aromatic rings. The number of rotatable bonds is 4. The van der Waals surface area contributed by atoms with Crippen molar-refractivity contribution in [2.45, 2.75) is 43.6 Å². The third-order valence-corrected chi connectivity index (χ3v) is 5.66. The number of amides is 1. The lowest BCUT2D eigenvalue weighted by molar-refractivity contribution is -0.137. The molecule has 1 aromatic carbocycles. The van der Waals surface area contributed by atoms with Gasteiger partial charge in [0.05, 0.1) is 5.56 Å². The number of thiophene rings is 1. The summed E-state index contributed by atoms with van der Waals surface area (Å²) in [5.74, 6) is 0.241. The maximum atomic E-state index is 12.6. The Morgan fingerprint density at radius 3 is 2.58 bits per heavy atom. The summed E-state index contributed by atoms with van der Waals surface area (Å²) < 4.78 is 43.3. The molecule has 1 amide bonds. The molecule has 1 aromatic heterocycles. The summed E-state index contributed by atoms with van der Waals surface area (Å²) in [5.41, 5.74) is -0.227. The van der Waals surface area contributed by atoms with Gasteiger partial charge in [-0.2, -0.15) is 13.2 Å². The number of ether oxygens (including phenoxy) is 1. The number of alkyl halides is 3. The minimum absolute atomic E-state index is 0.147. The molecular formula is C18H17F3N2O2S. The van der Waals surface area contributed by atoms with Crippen molar-refractivity contribution in [3.8, 4) is 10.8 Å². The summed E-state index contributed by atoms with van der Waals surface area (Å²) in [6.45, 7) is 0. The first-order valence-corrected chi connectivity index (χ1v) is 9.27. The van der Waals surface area contributed by atoms with E-state index >= 15 is 0 Å². The van der Waals surface area contributed by atoms with Crippen LogP contribution in [-0.4, -0.2) is 24.0 Å². The molecule has 138 valence electrons. The molecule has 4 nitrogen and oxygen atoms in total. The largest absolute Gasteiger partial charge is 0.447 e. The number of fused-ring (bicyclic) bond motifs is 2. The van der Waals surface area contributed by atoms with E-state index < -0.39 is 11.7 Å². The second-order valence-corrected chi connectivity index (χ2v) is 7.52. The third-order valence-electron chi connectivity index (χ3n) is 4.85. The van der Waals surface area contributed by atoms with Gasteiger partial charge >= 0.3 is 6.18 Å². The number of nitrogens with one attached hydrogen (secondary N) is 2. The number of benzene rings is 1. The van der Waals surface area contributed by atoms with E-state index in [4.69, 9.17) is 4.74 Å². The summed E-state index contributed by atoms with van der Waals surface area (Å²) in [5, 5.41) is 7.69. The van der Waals surface area contributed by atoms with Gasteiger partial charge in [-0.1, -0.05) is 0 Å². The van der Waals surface area contributed by atoms with E-state index in [1.165, 1.54) is 6.42 Å². The quantitative estimate of drug-likeness (QED) is 0.834. The number of carbonyl (C=O) groups is 1. The summed E-state index contributed by atoms with van der Waals surface area (Å²) in [7, 11) is 0. The highest BCUT2D eigenvalue weighted by molar-refractivity contribution is 7.12. The van der Waals surface area contributed by atoms with Crippen molar-refractivity contribution >= 4 is 17.2 Å². The van der Waals surface area contributed by atoms with Gasteiger partial charge in [0.15, 0.2) is 5.06 Å². The van der Waals surface area contributed by atoms with Gasteiger partial charge in [-0.25, -0.2) is 0 Å². The normalized spacial score (nSPS) is 24.7. The van der Waals surface area contributed by atoms with Crippen LogP contribution in [0.15, 0.2) is 35.7 Å². The molecule has 3 atom stereocenters. The Labute approximate surface area is 152 Å². The van der Waals surface area contributed by atoms with Crippen LogP contribution in [0.25, 0.3) is 0 Å². The SMILES string of the molecule is O=C(N[C@@H]1C[C@H]2CC[C@@H]1N2)c1ccc(Oc2cc(C(F)(F)F)cs2)cc1. The van der Waals surface area contributed by atoms with Gasteiger partial charge in [0.25, 0.3) is 5.91 Å². The Balaban J connectivity index is 1.37. The molecule has 2 fully saturated rings. The topological polar surface area (TPSA) is 50.4 Å². The zero-order valence-corrected chi connectivity index (χ0v) is 14.5. The molecule has 0 spiro atoms. The van der Waals surface area contributed by atoms with Crippen LogP contribution in [0.2, 0.25) is 0 Å². The molecule has 2 bridgehead atoms. The van der Waals surface area contributed by atoms with E-state index in [0.29, 0.717) is 23.4 Å². The van der Waals surface area contributed by atoms with E-state index in [1.54, 1.807) is 24.3 Å². The lowest BCUT2D eigenvalue weighted by Crippen LogP contribution is -2.42. The first-order valence-electron chi connectivity index (χ1n) is 8.39. The van der Waals surface area contributed by atoms with Crippen molar-refractivity contribution in [3.05, 3.63) is 46.8 Å². The second kappa shape index (κ2) is 6.59. The minimum Gasteiger partial charge on any atom is -0.447 e. The maximum Gasteiger partial charge on any atom is 0.417 e. The zero-order chi connectivity index (χ0) is 18.3. The van der Waals surface area contributed by atoms with Gasteiger partial charge in [-0.15, -0.1) is 11.3 Å². The molecule has 2 aliphatic heterocycles. The molecule has 0 aliphatic carbocycles. The lowest BCUT2D eigenvalue weighted by atomic mass is 9.95. The lowest BCUT2D eigenvalue weighted by Gasteiger charge is -2.21. The van der Waals surface area contributed by atoms with Gasteiger partial charge in [0, 0.05) is 35.1 Å². The van der Waals surface area contributed by atoms with Gasteiger partial charge in [-0.05, 0) is 43.5 Å². The van der Waals surface area contributed by atoms with Crippen LogP contribution in [-0.2, 0) is 6.18 Å². The van der Waals surface area contributed by atoms with Gasteiger partial charge in [-0.3, -0.25) is 4.79 Å². The van der Waals surface area contributed by atoms with Crippen molar-refractivity contribution in [1.82, 2.24) is 10.6 Å². The molecule has 2 N–H and O–H groups in total. The summed E-state index contributed by atoms with van der Waals surface area (Å²) >= 11 is 0.881. The van der Waals surface area contributed by atoms with Crippen molar-refractivity contribution in [2.75, 3.05) is 0 Å². The van der Waals surface area contributed by atoms with Crippen LogP contribution >= 0.6 is 11.3 Å². The van der Waals surface area contributed by atoms with E-state index in [0.717, 1.165) is 35.6 Å². The van der Waals surface area contributed by atoms with Crippen LogP contribution in [0.1, 0.15) is 35.2 Å². The van der Waals surface area contributed by atoms with E-state index in [-0.39, 0.29) is 17.0 Å². The molecule has 8 heteroatoms. The predicted octanol–water partition coefficient (Wildman–Crippen LogP) is 4.18. The molecule has 26 heavy (non-hydrogen) atoms. The molecule has 2 saturated heterocycles. The number of hydrogen-bond donors (Lipinski definition) is 2. The monoisotopic (exact) mass is 382 g/mol. The highest BCUT2D eigenvalue weighted by Crippen LogP contribution is 2.37. The molecule has 3 heterocycles. The number of hydrogen-bond acceptors (Lipinski definition) is 4. The molecular weight excluding hydrogens is 365 g/mol. The molecule has 0 radical (unpaired) electrons. The fourth-order valence-corrected chi connectivity index (χ4v) is 4.33. The first-order chi connectivity index (χ1) is 12.4. The Morgan fingerprint density at radius 1 is 1.23 bits per heavy atom. The standard InChI is InChI=1S/C18H17F3N2O2S/c19-18(20,21)11-7-16(26-9-11)25-13-4-1-10(2-5-13)17(24)23-15-8-12-3-6-14(15)22-12/h1-2,4-5,7,9,12,14-15,22H,3,6,8H2,(H,23,24)/t12-,14+,15-/m1/s1. The smallest absolute Gasteiger partial charge is 0.417 e. The predicted molar refractivity (Wildman–Crippen MR) is 91.7 cm³/mol. The fraction of sp³-hybridized carbons (Fsp3) is 0.389. The second-order valence-electron chi connectivity index (χ2n) is 6.64. The summed E-state index contributed by atoms with van der Waals surface area (Å²) in [6.07, 6.45) is -1.17. The Bertz CT molecular complexity index is 804. The number of carbonyl (C=O) groups excluding carboxylic acids is 1. The highest BCUT2D eigenvalue weighted by atomic mass is 32.1. The average Bonchev–Trinajstić information content (AvgIpc) is 3.31. The highest BCUT2D eigenvalue weighted by Gasteiger charge is 2.39. The average molecular weight is 382 g/mol. The van der Waals surface area contributed by atoms with Gasteiger partial charge in [0.1, 0.15) is 5.75 Å². The van der Waals surface area contributed by atoms with Crippen molar-refractivity contribution in [3.63, 3.8) is 0 Å². The Morgan fingerprint density at radius 2 is 2.00 bits per heavy atom. The van der Waals surface area contributed by atoms with Crippen LogP contribution in [0.3, 0.4) is 0 Å². The van der Waals surface area contributed by atoms with Crippen LogP contribution < -0.4 is 15.4 Å². The first kappa shape index (κ1) is 17.4. The van der Waals surface area contributed by atoms with Crippen molar-refractivity contribution in [1.29, 1.82) is 0 Å². The van der Waals surface area contributed by atoms with Gasteiger partial charge in [0.2, 0.25) is 0 Å². The van der Waals surface area contributed by atoms with E-state index in [9.17, 15) is 18.0 Å².